The SMILES string of the molecule is O=C(NCc1cnc(C(=O)O)nc1)c1ccc2nc(Cc3cnc(N4CCC(F)C4)nc3)[nH]c2c1. The number of H-pyrrole nitrogens is 1. The highest BCUT2D eigenvalue weighted by atomic mass is 19.1. The molecule has 0 bridgehead atoms. The van der Waals surface area contributed by atoms with Crippen LogP contribution in [-0.4, -0.2) is 66.1 Å². The van der Waals surface area contributed by atoms with E-state index in [0.29, 0.717) is 54.3 Å². The molecule has 3 aromatic heterocycles. The van der Waals surface area contributed by atoms with Gasteiger partial charge in [-0.15, -0.1) is 0 Å². The number of hydrogen-bond acceptors (Lipinski definition) is 8. The lowest BCUT2D eigenvalue weighted by Crippen LogP contribution is -2.23. The van der Waals surface area contributed by atoms with Crippen LogP contribution in [0.3, 0.4) is 0 Å². The predicted molar refractivity (Wildman–Crippen MR) is 123 cm³/mol. The molecular weight excluding hydrogens is 455 g/mol. The summed E-state index contributed by atoms with van der Waals surface area (Å²) in [7, 11) is 0. The van der Waals surface area contributed by atoms with Gasteiger partial charge in [-0.3, -0.25) is 4.79 Å². The van der Waals surface area contributed by atoms with Crippen molar-refractivity contribution in [1.82, 2.24) is 35.2 Å². The number of nitrogens with one attached hydrogen (secondary N) is 2. The Morgan fingerprint density at radius 1 is 1.11 bits per heavy atom. The number of halogens is 1. The molecule has 1 aliphatic rings. The number of aromatic carboxylic acids is 1. The van der Waals surface area contributed by atoms with Crippen molar-refractivity contribution in [2.24, 2.45) is 0 Å². The number of aromatic nitrogens is 6. The van der Waals surface area contributed by atoms with Crippen molar-refractivity contribution in [3.05, 3.63) is 71.3 Å². The summed E-state index contributed by atoms with van der Waals surface area (Å²) in [4.78, 5) is 49.2. The molecule has 0 spiro atoms. The molecule has 1 amide bonds. The van der Waals surface area contributed by atoms with E-state index in [4.69, 9.17) is 5.11 Å². The fourth-order valence-electron chi connectivity index (χ4n) is 3.82. The first kappa shape index (κ1) is 22.3. The highest BCUT2D eigenvalue weighted by Gasteiger charge is 2.23. The van der Waals surface area contributed by atoms with E-state index in [0.717, 1.165) is 11.1 Å². The number of hydrogen-bond donors (Lipinski definition) is 3. The minimum atomic E-state index is -1.21. The molecule has 1 aliphatic heterocycles. The number of amides is 1. The second kappa shape index (κ2) is 9.41. The summed E-state index contributed by atoms with van der Waals surface area (Å²) >= 11 is 0. The number of nitrogens with zero attached hydrogens (tertiary/aromatic N) is 6. The van der Waals surface area contributed by atoms with Crippen LogP contribution in [0.2, 0.25) is 0 Å². The molecule has 0 aliphatic carbocycles. The van der Waals surface area contributed by atoms with Crippen molar-refractivity contribution in [2.75, 3.05) is 18.0 Å². The summed E-state index contributed by atoms with van der Waals surface area (Å²) in [5.41, 5.74) is 3.32. The zero-order chi connectivity index (χ0) is 24.4. The minimum Gasteiger partial charge on any atom is -0.475 e. The molecule has 5 rings (SSSR count). The van der Waals surface area contributed by atoms with Crippen LogP contribution in [0.5, 0.6) is 0 Å². The molecule has 1 aromatic carbocycles. The monoisotopic (exact) mass is 476 g/mol. The van der Waals surface area contributed by atoms with E-state index in [-0.39, 0.29) is 18.3 Å². The van der Waals surface area contributed by atoms with Crippen molar-refractivity contribution in [2.45, 2.75) is 25.6 Å². The summed E-state index contributed by atoms with van der Waals surface area (Å²) < 4.78 is 13.4. The average Bonchev–Trinajstić information content (AvgIpc) is 3.48. The third-order valence-electron chi connectivity index (χ3n) is 5.62. The van der Waals surface area contributed by atoms with E-state index in [1.807, 2.05) is 4.90 Å². The lowest BCUT2D eigenvalue weighted by Gasteiger charge is -2.14. The highest BCUT2D eigenvalue weighted by Crippen LogP contribution is 2.19. The zero-order valence-corrected chi connectivity index (χ0v) is 18.5. The maximum absolute atomic E-state index is 13.4. The van der Waals surface area contributed by atoms with Crippen LogP contribution < -0.4 is 10.2 Å². The molecule has 1 fully saturated rings. The number of imidazole rings is 1. The Bertz CT molecular complexity index is 1370. The Balaban J connectivity index is 1.22. The number of alkyl halides is 1. The molecule has 12 heteroatoms. The van der Waals surface area contributed by atoms with Crippen LogP contribution in [0.25, 0.3) is 11.0 Å². The third-order valence-corrected chi connectivity index (χ3v) is 5.62. The molecule has 0 radical (unpaired) electrons. The first-order chi connectivity index (χ1) is 16.9. The maximum atomic E-state index is 13.4. The van der Waals surface area contributed by atoms with Gasteiger partial charge < -0.3 is 20.3 Å². The molecule has 1 unspecified atom stereocenters. The summed E-state index contributed by atoms with van der Waals surface area (Å²) in [6, 6.07) is 5.15. The van der Waals surface area contributed by atoms with Gasteiger partial charge in [0.1, 0.15) is 12.0 Å². The first-order valence-corrected chi connectivity index (χ1v) is 11.0. The lowest BCUT2D eigenvalue weighted by molar-refractivity contribution is 0.0683. The van der Waals surface area contributed by atoms with Crippen LogP contribution in [0.4, 0.5) is 10.3 Å². The smallest absolute Gasteiger partial charge is 0.373 e. The van der Waals surface area contributed by atoms with Gasteiger partial charge in [-0.1, -0.05) is 0 Å². The molecule has 3 N–H and O–H groups in total. The molecule has 0 saturated carbocycles. The Kier molecular flexibility index (Phi) is 6.00. The maximum Gasteiger partial charge on any atom is 0.373 e. The van der Waals surface area contributed by atoms with Gasteiger partial charge >= 0.3 is 5.97 Å². The van der Waals surface area contributed by atoms with E-state index in [9.17, 15) is 14.0 Å². The molecule has 1 saturated heterocycles. The van der Waals surface area contributed by atoms with Crippen LogP contribution in [0.15, 0.2) is 43.0 Å². The largest absolute Gasteiger partial charge is 0.475 e. The van der Waals surface area contributed by atoms with Crippen LogP contribution in [-0.2, 0) is 13.0 Å². The minimum absolute atomic E-state index is 0.157. The second-order valence-corrected chi connectivity index (χ2v) is 8.22. The van der Waals surface area contributed by atoms with Gasteiger partial charge in [0.25, 0.3) is 5.91 Å². The number of carboxylic acids is 1. The van der Waals surface area contributed by atoms with Crippen molar-refractivity contribution >= 4 is 28.9 Å². The predicted octanol–water partition coefficient (Wildman–Crippen LogP) is 1.91. The van der Waals surface area contributed by atoms with E-state index in [2.05, 4.69) is 35.2 Å². The summed E-state index contributed by atoms with van der Waals surface area (Å²) in [5, 5.41) is 11.6. The number of fused-ring (bicyclic) bond motifs is 1. The van der Waals surface area contributed by atoms with Crippen LogP contribution in [0.1, 0.15) is 44.3 Å². The normalized spacial score (nSPS) is 15.5. The van der Waals surface area contributed by atoms with Gasteiger partial charge in [-0.2, -0.15) is 0 Å². The number of carbonyl (C=O) groups excluding carboxylic acids is 1. The van der Waals surface area contributed by atoms with E-state index in [1.54, 1.807) is 30.6 Å². The molecular formula is C23H21FN8O3. The van der Waals surface area contributed by atoms with Gasteiger partial charge in [0, 0.05) is 55.4 Å². The van der Waals surface area contributed by atoms with Crippen molar-refractivity contribution in [3.8, 4) is 0 Å². The number of carbonyl (C=O) groups is 2. The van der Waals surface area contributed by atoms with Gasteiger partial charge in [0.2, 0.25) is 11.8 Å². The third kappa shape index (κ3) is 5.05. The first-order valence-electron chi connectivity index (χ1n) is 11.0. The van der Waals surface area contributed by atoms with Crippen molar-refractivity contribution < 1.29 is 19.1 Å². The van der Waals surface area contributed by atoms with Gasteiger partial charge in [-0.05, 0) is 30.2 Å². The van der Waals surface area contributed by atoms with Gasteiger partial charge in [0.15, 0.2) is 0 Å². The number of anilines is 1. The van der Waals surface area contributed by atoms with E-state index >= 15 is 0 Å². The standard InChI is InChI=1S/C23H21FN8O3/c24-16-3-4-32(12-16)23-28-7-13(8-29-23)5-19-30-17-2-1-15(6-18(17)31-19)21(33)27-11-14-9-25-20(22(34)35)26-10-14/h1-2,6-10,16H,3-5,11-12H2,(H,27,33)(H,30,31)(H,34,35). The van der Waals surface area contributed by atoms with E-state index in [1.165, 1.54) is 12.4 Å². The van der Waals surface area contributed by atoms with Crippen LogP contribution in [0, 0.1) is 0 Å². The molecule has 178 valence electrons. The number of benzene rings is 1. The van der Waals surface area contributed by atoms with Crippen molar-refractivity contribution in [1.29, 1.82) is 0 Å². The van der Waals surface area contributed by atoms with Crippen molar-refractivity contribution in [3.63, 3.8) is 0 Å². The Morgan fingerprint density at radius 3 is 2.54 bits per heavy atom. The zero-order valence-electron chi connectivity index (χ0n) is 18.5. The number of carboxylic acid groups (broad SMARTS) is 1. The second-order valence-electron chi connectivity index (χ2n) is 8.22. The molecule has 35 heavy (non-hydrogen) atoms. The average molecular weight is 476 g/mol. The molecule has 4 aromatic rings. The van der Waals surface area contributed by atoms with Crippen LogP contribution >= 0.6 is 0 Å². The summed E-state index contributed by atoms with van der Waals surface area (Å²) in [6.45, 7) is 1.10. The lowest BCUT2D eigenvalue weighted by atomic mass is 10.2. The Hall–Kier alpha value is -4.48. The molecule has 1 atom stereocenters. The Morgan fingerprint density at radius 2 is 1.86 bits per heavy atom. The molecule has 11 nitrogen and oxygen atoms in total. The quantitative estimate of drug-likeness (QED) is 0.363. The molecule has 4 heterocycles. The Labute approximate surface area is 198 Å². The fourth-order valence-corrected chi connectivity index (χ4v) is 3.82. The highest BCUT2D eigenvalue weighted by molar-refractivity contribution is 5.97. The number of rotatable bonds is 7. The number of aromatic amines is 1. The summed E-state index contributed by atoms with van der Waals surface area (Å²) in [6.07, 6.45) is 6.30. The summed E-state index contributed by atoms with van der Waals surface area (Å²) in [5.74, 6) is -0.583. The van der Waals surface area contributed by atoms with Gasteiger partial charge in [0.05, 0.1) is 17.6 Å². The fraction of sp³-hybridized carbons (Fsp3) is 0.261. The van der Waals surface area contributed by atoms with E-state index < -0.39 is 12.1 Å². The topological polar surface area (TPSA) is 150 Å². The van der Waals surface area contributed by atoms with Gasteiger partial charge in [-0.25, -0.2) is 34.1 Å².